The molecule has 0 unspecified atom stereocenters. The van der Waals surface area contributed by atoms with E-state index in [0.717, 1.165) is 11.1 Å². The van der Waals surface area contributed by atoms with E-state index in [4.69, 9.17) is 40.9 Å². The smallest absolute Gasteiger partial charge is 0.261 e. The molecule has 10 nitrogen and oxygen atoms in total. The number of nitrogens with zero attached hydrogens (tertiary/aromatic N) is 3. The lowest BCUT2D eigenvalue weighted by molar-refractivity contribution is 0.171. The van der Waals surface area contributed by atoms with E-state index < -0.39 is 0 Å². The number of ether oxygens (including phenoxy) is 4. The lowest BCUT2D eigenvalue weighted by atomic mass is 10.1. The predicted octanol–water partition coefficient (Wildman–Crippen LogP) is 3.77. The van der Waals surface area contributed by atoms with Crippen molar-refractivity contribution < 1.29 is 24.1 Å². The zero-order valence-corrected chi connectivity index (χ0v) is 22.8. The van der Waals surface area contributed by atoms with Crippen molar-refractivity contribution in [2.75, 3.05) is 26.4 Å². The number of hydrogen-bond acceptors (Lipinski definition) is 9. The van der Waals surface area contributed by atoms with Crippen molar-refractivity contribution in [3.05, 3.63) is 105 Å². The Bertz CT molecular complexity index is 1630. The normalized spacial score (nSPS) is 12.0. The van der Waals surface area contributed by atoms with E-state index in [-0.39, 0.29) is 25.4 Å². The van der Waals surface area contributed by atoms with Crippen molar-refractivity contribution in [3.63, 3.8) is 0 Å². The maximum absolute atomic E-state index is 13.3. The molecule has 0 saturated carbocycles. The number of hydrogen-bond donors (Lipinski definition) is 2. The molecule has 4 aromatic rings. The Balaban J connectivity index is 1.36. The van der Waals surface area contributed by atoms with Crippen LogP contribution in [0.5, 0.6) is 23.0 Å². The molecular weight excluding hydrogens is 548 g/mol. The van der Waals surface area contributed by atoms with E-state index >= 15 is 0 Å². The fraction of sp³-hybridized carbons (Fsp3) is 0.233. The van der Waals surface area contributed by atoms with Crippen molar-refractivity contribution in [1.29, 1.82) is 5.26 Å². The fourth-order valence-electron chi connectivity index (χ4n) is 4.24. The van der Waals surface area contributed by atoms with Crippen LogP contribution < -0.4 is 29.8 Å². The number of aromatic nitrogens is 2. The van der Waals surface area contributed by atoms with Gasteiger partial charge in [0.25, 0.3) is 5.56 Å². The van der Waals surface area contributed by atoms with Gasteiger partial charge in [0.05, 0.1) is 28.4 Å². The van der Waals surface area contributed by atoms with Crippen LogP contribution in [0, 0.1) is 11.3 Å². The molecular formula is C30H27ClN4O6. The summed E-state index contributed by atoms with van der Waals surface area (Å²) in [7, 11) is 0. The highest BCUT2D eigenvalue weighted by molar-refractivity contribution is 6.32. The number of halogens is 1. The van der Waals surface area contributed by atoms with Gasteiger partial charge in [0.2, 0.25) is 0 Å². The summed E-state index contributed by atoms with van der Waals surface area (Å²) in [5.41, 5.74) is 2.73. The van der Waals surface area contributed by atoms with Gasteiger partial charge in [-0.1, -0.05) is 11.6 Å². The van der Waals surface area contributed by atoms with Gasteiger partial charge in [-0.25, -0.2) is 0 Å². The van der Waals surface area contributed by atoms with Crippen LogP contribution in [0.2, 0.25) is 5.02 Å². The van der Waals surface area contributed by atoms with E-state index in [2.05, 4.69) is 16.4 Å². The van der Waals surface area contributed by atoms with Crippen LogP contribution in [0.25, 0.3) is 5.69 Å². The predicted molar refractivity (Wildman–Crippen MR) is 151 cm³/mol. The summed E-state index contributed by atoms with van der Waals surface area (Å²) < 4.78 is 24.8. The molecule has 41 heavy (non-hydrogen) atoms. The molecule has 0 atom stereocenters. The largest absolute Gasteiger partial charge is 0.488 e. The number of aliphatic hydroxyl groups is 1. The van der Waals surface area contributed by atoms with Crippen molar-refractivity contribution in [2.45, 2.75) is 19.8 Å². The van der Waals surface area contributed by atoms with Gasteiger partial charge in [-0.05, 0) is 36.4 Å². The van der Waals surface area contributed by atoms with Gasteiger partial charge in [0, 0.05) is 54.9 Å². The highest BCUT2D eigenvalue weighted by Crippen LogP contribution is 2.34. The van der Waals surface area contributed by atoms with Crippen molar-refractivity contribution in [2.24, 2.45) is 0 Å². The van der Waals surface area contributed by atoms with Gasteiger partial charge in [-0.3, -0.25) is 14.3 Å². The van der Waals surface area contributed by atoms with Crippen LogP contribution in [-0.2, 0) is 19.8 Å². The van der Waals surface area contributed by atoms with Gasteiger partial charge >= 0.3 is 0 Å². The molecule has 0 radical (unpaired) electrons. The minimum atomic E-state index is -0.244. The number of benzene rings is 2. The summed E-state index contributed by atoms with van der Waals surface area (Å²) in [6.45, 7) is 1.84. The molecule has 0 fully saturated rings. The standard InChI is InChI=1S/C30H27ClN4O6/c31-25-11-23(17-33-5-7-36)27(40-18-21-10-20(14-32)15-34-16-21)13-28(25)41-19-22-2-1-6-35(30(22)37)24-3-4-26-29(12-24)39-9-8-38-26/h1-4,6,10-13,15-16,33,36H,5,7-9,17-19H2. The molecule has 2 N–H and O–H groups in total. The molecule has 0 aliphatic carbocycles. The van der Waals surface area contributed by atoms with Gasteiger partial charge in [-0.15, -0.1) is 0 Å². The molecule has 1 aliphatic rings. The van der Waals surface area contributed by atoms with Crippen molar-refractivity contribution in [3.8, 4) is 34.8 Å². The Morgan fingerprint density at radius 1 is 1.02 bits per heavy atom. The Morgan fingerprint density at radius 3 is 2.68 bits per heavy atom. The van der Waals surface area contributed by atoms with Crippen molar-refractivity contribution >= 4 is 11.6 Å². The molecule has 210 valence electrons. The molecule has 0 amide bonds. The van der Waals surface area contributed by atoms with Gasteiger partial charge < -0.3 is 29.4 Å². The van der Waals surface area contributed by atoms with Crippen LogP contribution >= 0.6 is 11.6 Å². The maximum Gasteiger partial charge on any atom is 0.261 e. The molecule has 2 aromatic heterocycles. The summed E-state index contributed by atoms with van der Waals surface area (Å²) in [6, 6.07) is 16.0. The lowest BCUT2D eigenvalue weighted by Crippen LogP contribution is -2.23. The minimum Gasteiger partial charge on any atom is -0.488 e. The summed E-state index contributed by atoms with van der Waals surface area (Å²) in [6.07, 6.45) is 4.79. The number of rotatable bonds is 11. The fourth-order valence-corrected chi connectivity index (χ4v) is 4.48. The van der Waals surface area contributed by atoms with Gasteiger partial charge in [-0.2, -0.15) is 5.26 Å². The summed E-state index contributed by atoms with van der Waals surface area (Å²) >= 11 is 6.56. The van der Waals surface area contributed by atoms with Gasteiger partial charge in [0.15, 0.2) is 11.5 Å². The van der Waals surface area contributed by atoms with E-state index in [1.807, 2.05) is 0 Å². The Morgan fingerprint density at radius 2 is 1.85 bits per heavy atom. The molecule has 0 saturated heterocycles. The first kappa shape index (κ1) is 28.0. The quantitative estimate of drug-likeness (QED) is 0.257. The molecule has 2 aromatic carbocycles. The average molecular weight is 575 g/mol. The highest BCUT2D eigenvalue weighted by Gasteiger charge is 2.16. The summed E-state index contributed by atoms with van der Waals surface area (Å²) in [4.78, 5) is 17.4. The third-order valence-corrected chi connectivity index (χ3v) is 6.55. The molecule has 3 heterocycles. The minimum absolute atomic E-state index is 0.0153. The lowest BCUT2D eigenvalue weighted by Gasteiger charge is -2.19. The zero-order valence-electron chi connectivity index (χ0n) is 22.0. The number of nitrogens with one attached hydrogen (secondary N) is 1. The van der Waals surface area contributed by atoms with Crippen LogP contribution in [0.4, 0.5) is 0 Å². The topological polar surface area (TPSA) is 128 Å². The SMILES string of the molecule is N#Cc1cncc(COc2cc(OCc3cccn(-c4ccc5c(c4)OCCO5)c3=O)c(Cl)cc2CNCCO)c1. The number of pyridine rings is 2. The van der Waals surface area contributed by atoms with Gasteiger partial charge in [0.1, 0.15) is 44.0 Å². The van der Waals surface area contributed by atoms with Crippen molar-refractivity contribution in [1.82, 2.24) is 14.9 Å². The van der Waals surface area contributed by atoms with E-state index in [9.17, 15) is 4.79 Å². The second kappa shape index (κ2) is 13.2. The molecule has 0 spiro atoms. The molecule has 0 bridgehead atoms. The van der Waals surface area contributed by atoms with Crippen LogP contribution in [0.15, 0.2) is 71.9 Å². The number of fused-ring (bicyclic) bond motifs is 1. The van der Waals surface area contributed by atoms with E-state index in [1.165, 1.54) is 10.8 Å². The maximum atomic E-state index is 13.3. The number of aliphatic hydroxyl groups excluding tert-OH is 1. The van der Waals surface area contributed by atoms with E-state index in [0.29, 0.717) is 71.1 Å². The van der Waals surface area contributed by atoms with Crippen LogP contribution in [-0.4, -0.2) is 41.0 Å². The third-order valence-electron chi connectivity index (χ3n) is 6.25. The zero-order chi connectivity index (χ0) is 28.6. The number of nitriles is 1. The Kier molecular flexibility index (Phi) is 9.01. The molecule has 11 heteroatoms. The molecule has 5 rings (SSSR count). The second-order valence-corrected chi connectivity index (χ2v) is 9.51. The Labute approximate surface area is 241 Å². The molecule has 1 aliphatic heterocycles. The van der Waals surface area contributed by atoms with Crippen LogP contribution in [0.1, 0.15) is 22.3 Å². The summed E-state index contributed by atoms with van der Waals surface area (Å²) in [5, 5.41) is 21.8. The highest BCUT2D eigenvalue weighted by atomic mass is 35.5. The van der Waals surface area contributed by atoms with E-state index in [1.54, 1.807) is 60.9 Å². The third kappa shape index (κ3) is 6.78. The first-order valence-corrected chi connectivity index (χ1v) is 13.3. The first-order chi connectivity index (χ1) is 20.1. The average Bonchev–Trinajstić information content (AvgIpc) is 3.00. The van der Waals surface area contributed by atoms with Crippen LogP contribution in [0.3, 0.4) is 0 Å². The summed E-state index contributed by atoms with van der Waals surface area (Å²) in [5.74, 6) is 2.07. The second-order valence-electron chi connectivity index (χ2n) is 9.10. The monoisotopic (exact) mass is 574 g/mol. The first-order valence-electron chi connectivity index (χ1n) is 12.9. The Hall–Kier alpha value is -4.56.